The Labute approximate surface area is 197 Å². The molecule has 2 fully saturated rings. The van der Waals surface area contributed by atoms with Gasteiger partial charge in [-0.2, -0.15) is 4.31 Å². The number of rotatable bonds is 6. The highest BCUT2D eigenvalue weighted by Crippen LogP contribution is 2.20. The van der Waals surface area contributed by atoms with Crippen LogP contribution in [0.3, 0.4) is 0 Å². The van der Waals surface area contributed by atoms with Crippen molar-refractivity contribution in [2.45, 2.75) is 17.7 Å². The van der Waals surface area contributed by atoms with E-state index in [9.17, 15) is 18.0 Å². The molecular weight excluding hydrogens is 470 g/mol. The third-order valence-corrected chi connectivity index (χ3v) is 7.82. The summed E-state index contributed by atoms with van der Waals surface area (Å²) in [5.74, 6) is -0.409. The molecule has 2 saturated heterocycles. The molecule has 2 aromatic rings. The minimum atomic E-state index is -3.67. The first-order valence-electron chi connectivity index (χ1n) is 10.6. The van der Waals surface area contributed by atoms with Gasteiger partial charge in [-0.05, 0) is 49.2 Å². The lowest BCUT2D eigenvalue weighted by Crippen LogP contribution is -2.51. The van der Waals surface area contributed by atoms with Gasteiger partial charge < -0.3 is 14.5 Å². The predicted octanol–water partition coefficient (Wildman–Crippen LogP) is 1.42. The number of halogens is 1. The molecule has 1 aromatic heterocycles. The molecule has 0 spiro atoms. The van der Waals surface area contributed by atoms with Crippen LogP contribution >= 0.6 is 11.6 Å². The Balaban J connectivity index is 1.26. The van der Waals surface area contributed by atoms with E-state index in [0.29, 0.717) is 10.8 Å². The van der Waals surface area contributed by atoms with Gasteiger partial charge in [-0.15, -0.1) is 10.2 Å². The quantitative estimate of drug-likeness (QED) is 0.555. The molecular formula is C21H24ClN5O5S. The fraction of sp³-hybridized carbons (Fsp3) is 0.429. The average Bonchev–Trinajstić information content (AvgIpc) is 3.38. The summed E-state index contributed by atoms with van der Waals surface area (Å²) in [4.78, 5) is 28.4. The highest BCUT2D eigenvalue weighted by Gasteiger charge is 2.30. The van der Waals surface area contributed by atoms with Gasteiger partial charge in [-0.25, -0.2) is 13.2 Å². The number of aromatic nitrogens is 2. The molecule has 2 aliphatic heterocycles. The van der Waals surface area contributed by atoms with E-state index < -0.39 is 28.5 Å². The Bertz CT molecular complexity index is 1100. The normalized spacial score (nSPS) is 17.2. The number of nitrogens with zero attached hydrogens (tertiary/aromatic N) is 5. The summed E-state index contributed by atoms with van der Waals surface area (Å²) >= 11 is 5.83. The number of ether oxygens (including phenoxy) is 1. The largest absolute Gasteiger partial charge is 0.451 e. The number of hydrogen-bond acceptors (Lipinski definition) is 8. The number of piperazine rings is 1. The lowest BCUT2D eigenvalue weighted by Gasteiger charge is -2.33. The molecule has 2 aliphatic rings. The van der Waals surface area contributed by atoms with Crippen LogP contribution in [-0.2, 0) is 19.6 Å². The van der Waals surface area contributed by atoms with Crippen molar-refractivity contribution in [1.82, 2.24) is 19.4 Å². The summed E-state index contributed by atoms with van der Waals surface area (Å²) in [5, 5.41) is 8.43. The fourth-order valence-electron chi connectivity index (χ4n) is 3.77. The number of anilines is 1. The van der Waals surface area contributed by atoms with Crippen LogP contribution in [0.1, 0.15) is 23.3 Å². The van der Waals surface area contributed by atoms with E-state index in [-0.39, 0.29) is 36.8 Å². The number of carbonyl (C=O) groups is 2. The van der Waals surface area contributed by atoms with Crippen LogP contribution in [0.25, 0.3) is 0 Å². The van der Waals surface area contributed by atoms with E-state index in [4.69, 9.17) is 16.3 Å². The first kappa shape index (κ1) is 23.4. The number of sulfonamides is 1. The molecule has 0 bridgehead atoms. The van der Waals surface area contributed by atoms with Gasteiger partial charge in [0.15, 0.2) is 18.1 Å². The number of hydrogen-bond donors (Lipinski definition) is 0. The number of amides is 1. The monoisotopic (exact) mass is 493 g/mol. The Hall–Kier alpha value is -2.76. The molecule has 3 heterocycles. The van der Waals surface area contributed by atoms with Gasteiger partial charge in [0, 0.05) is 44.3 Å². The molecule has 33 heavy (non-hydrogen) atoms. The van der Waals surface area contributed by atoms with Crippen molar-refractivity contribution in [2.75, 3.05) is 50.8 Å². The van der Waals surface area contributed by atoms with Crippen LogP contribution in [0, 0.1) is 0 Å². The summed E-state index contributed by atoms with van der Waals surface area (Å²) in [6.45, 7) is 2.09. The van der Waals surface area contributed by atoms with Gasteiger partial charge in [0.1, 0.15) is 0 Å². The zero-order valence-corrected chi connectivity index (χ0v) is 19.5. The highest BCUT2D eigenvalue weighted by atomic mass is 35.5. The summed E-state index contributed by atoms with van der Waals surface area (Å²) in [6, 6.07) is 9.20. The molecule has 0 atom stereocenters. The molecule has 1 amide bonds. The maximum absolute atomic E-state index is 12.7. The Morgan fingerprint density at radius 3 is 2.18 bits per heavy atom. The minimum Gasteiger partial charge on any atom is -0.451 e. The second-order valence-electron chi connectivity index (χ2n) is 7.79. The van der Waals surface area contributed by atoms with Gasteiger partial charge in [0.05, 0.1) is 4.90 Å². The Morgan fingerprint density at radius 2 is 1.58 bits per heavy atom. The summed E-state index contributed by atoms with van der Waals surface area (Å²) in [5.41, 5.74) is 0.0321. The zero-order valence-electron chi connectivity index (χ0n) is 17.9. The number of esters is 1. The van der Waals surface area contributed by atoms with Crippen molar-refractivity contribution in [3.8, 4) is 0 Å². The smallest absolute Gasteiger partial charge is 0.359 e. The third-order valence-electron chi connectivity index (χ3n) is 5.66. The first-order valence-corrected chi connectivity index (χ1v) is 12.5. The molecule has 10 nitrogen and oxygen atoms in total. The van der Waals surface area contributed by atoms with Gasteiger partial charge in [0.25, 0.3) is 5.91 Å². The van der Waals surface area contributed by atoms with Crippen molar-refractivity contribution >= 4 is 39.3 Å². The van der Waals surface area contributed by atoms with Gasteiger partial charge in [0.2, 0.25) is 10.0 Å². The minimum absolute atomic E-state index is 0.0321. The van der Waals surface area contributed by atoms with Gasteiger partial charge >= 0.3 is 5.97 Å². The molecule has 4 rings (SSSR count). The fourth-order valence-corrected chi connectivity index (χ4v) is 5.32. The van der Waals surface area contributed by atoms with Crippen LogP contribution in [0.15, 0.2) is 41.3 Å². The second kappa shape index (κ2) is 10.0. The van der Waals surface area contributed by atoms with E-state index >= 15 is 0 Å². The zero-order chi connectivity index (χ0) is 23.4. The number of carbonyl (C=O) groups excluding carboxylic acids is 2. The van der Waals surface area contributed by atoms with Crippen molar-refractivity contribution in [3.63, 3.8) is 0 Å². The van der Waals surface area contributed by atoms with Crippen LogP contribution in [0.4, 0.5) is 5.82 Å². The van der Waals surface area contributed by atoms with Crippen LogP contribution in [0.2, 0.25) is 5.02 Å². The van der Waals surface area contributed by atoms with Crippen LogP contribution in [0.5, 0.6) is 0 Å². The van der Waals surface area contributed by atoms with E-state index in [1.165, 1.54) is 39.5 Å². The molecule has 12 heteroatoms. The molecule has 0 N–H and O–H groups in total. The van der Waals surface area contributed by atoms with E-state index in [2.05, 4.69) is 15.1 Å². The van der Waals surface area contributed by atoms with Crippen molar-refractivity contribution in [3.05, 3.63) is 47.1 Å². The van der Waals surface area contributed by atoms with E-state index in [0.717, 1.165) is 25.9 Å². The van der Waals surface area contributed by atoms with Gasteiger partial charge in [-0.3, -0.25) is 4.79 Å². The SMILES string of the molecule is O=C(OCC(=O)N1CCN(S(=O)(=O)c2ccc(Cl)cc2)CC1)c1ccc(N2CCCC2)nn1. The average molecular weight is 494 g/mol. The standard InChI is InChI=1S/C21H24ClN5O5S/c22-16-3-5-17(6-4-16)33(30,31)27-13-11-26(12-14-27)20(28)15-32-21(29)18-7-8-19(24-23-18)25-9-1-2-10-25/h3-8H,1-2,9-15H2. The summed E-state index contributed by atoms with van der Waals surface area (Å²) in [6.07, 6.45) is 2.21. The maximum atomic E-state index is 12.7. The second-order valence-corrected chi connectivity index (χ2v) is 10.2. The molecule has 1 aromatic carbocycles. The predicted molar refractivity (Wildman–Crippen MR) is 121 cm³/mol. The highest BCUT2D eigenvalue weighted by molar-refractivity contribution is 7.89. The molecule has 0 aliphatic carbocycles. The van der Waals surface area contributed by atoms with E-state index in [1.54, 1.807) is 6.07 Å². The number of benzene rings is 1. The van der Waals surface area contributed by atoms with Crippen LogP contribution in [-0.4, -0.2) is 85.6 Å². The summed E-state index contributed by atoms with van der Waals surface area (Å²) < 4.78 is 31.9. The lowest BCUT2D eigenvalue weighted by molar-refractivity contribution is -0.135. The third kappa shape index (κ3) is 5.43. The molecule has 0 unspecified atom stereocenters. The van der Waals surface area contributed by atoms with Crippen molar-refractivity contribution in [1.29, 1.82) is 0 Å². The molecule has 0 radical (unpaired) electrons. The Morgan fingerprint density at radius 1 is 0.909 bits per heavy atom. The lowest BCUT2D eigenvalue weighted by atomic mass is 10.3. The van der Waals surface area contributed by atoms with Crippen LogP contribution < -0.4 is 4.90 Å². The first-order chi connectivity index (χ1) is 15.8. The molecule has 0 saturated carbocycles. The molecule has 176 valence electrons. The van der Waals surface area contributed by atoms with Crippen molar-refractivity contribution < 1.29 is 22.7 Å². The summed E-state index contributed by atoms with van der Waals surface area (Å²) in [7, 11) is -3.67. The van der Waals surface area contributed by atoms with E-state index in [1.807, 2.05) is 0 Å². The van der Waals surface area contributed by atoms with Crippen molar-refractivity contribution in [2.24, 2.45) is 0 Å². The maximum Gasteiger partial charge on any atom is 0.359 e. The van der Waals surface area contributed by atoms with Gasteiger partial charge in [-0.1, -0.05) is 11.6 Å². The topological polar surface area (TPSA) is 113 Å². The Kier molecular flexibility index (Phi) is 7.11.